The normalized spacial score (nSPS) is 11.7. The number of rotatable bonds is 10. The van der Waals surface area contributed by atoms with Gasteiger partial charge in [0.1, 0.15) is 36.6 Å². The van der Waals surface area contributed by atoms with Crippen LogP contribution in [0, 0.1) is 0 Å². The van der Waals surface area contributed by atoms with Gasteiger partial charge in [0.05, 0.1) is 7.11 Å². The van der Waals surface area contributed by atoms with E-state index in [1.54, 1.807) is 7.11 Å². The summed E-state index contributed by atoms with van der Waals surface area (Å²) in [5, 5.41) is 13.0. The number of ether oxygens (including phenoxy) is 3. The van der Waals surface area contributed by atoms with Gasteiger partial charge in [0, 0.05) is 13.1 Å². The van der Waals surface area contributed by atoms with Crippen LogP contribution in [0.25, 0.3) is 0 Å². The molecule has 2 N–H and O–H groups in total. The topological polar surface area (TPSA) is 60.0 Å². The minimum atomic E-state index is -0.559. The van der Waals surface area contributed by atoms with Gasteiger partial charge in [-0.1, -0.05) is 18.2 Å². The average Bonchev–Trinajstić information content (AvgIpc) is 2.61. The molecular weight excluding hydrogens is 294 g/mol. The van der Waals surface area contributed by atoms with Crippen LogP contribution in [0.1, 0.15) is 0 Å². The van der Waals surface area contributed by atoms with Crippen LogP contribution in [0.5, 0.6) is 17.2 Å². The van der Waals surface area contributed by atoms with Gasteiger partial charge in [-0.3, -0.25) is 0 Å². The van der Waals surface area contributed by atoms with E-state index in [1.807, 2.05) is 54.6 Å². The molecule has 0 saturated heterocycles. The highest BCUT2D eigenvalue weighted by Gasteiger charge is 2.04. The third kappa shape index (κ3) is 6.59. The molecule has 0 aliphatic carbocycles. The molecule has 0 spiro atoms. The lowest BCUT2D eigenvalue weighted by atomic mass is 10.3. The number of benzene rings is 2. The van der Waals surface area contributed by atoms with E-state index < -0.39 is 6.10 Å². The van der Waals surface area contributed by atoms with Gasteiger partial charge in [0.15, 0.2) is 0 Å². The van der Waals surface area contributed by atoms with E-state index in [0.29, 0.717) is 19.7 Å². The molecule has 23 heavy (non-hydrogen) atoms. The Morgan fingerprint density at radius 2 is 1.57 bits per heavy atom. The first kappa shape index (κ1) is 17.1. The van der Waals surface area contributed by atoms with Gasteiger partial charge < -0.3 is 24.6 Å². The van der Waals surface area contributed by atoms with Crippen molar-refractivity contribution in [2.24, 2.45) is 0 Å². The quantitative estimate of drug-likeness (QED) is 0.657. The van der Waals surface area contributed by atoms with Gasteiger partial charge in [0.2, 0.25) is 0 Å². The molecule has 0 radical (unpaired) electrons. The van der Waals surface area contributed by atoms with Crippen molar-refractivity contribution in [2.45, 2.75) is 6.10 Å². The number of aliphatic hydroxyl groups excluding tert-OH is 1. The summed E-state index contributed by atoms with van der Waals surface area (Å²) in [6.45, 7) is 1.89. The lowest BCUT2D eigenvalue weighted by molar-refractivity contribution is 0.105. The Bertz CT molecular complexity index is 545. The van der Waals surface area contributed by atoms with Gasteiger partial charge in [-0.2, -0.15) is 0 Å². The van der Waals surface area contributed by atoms with Gasteiger partial charge in [-0.15, -0.1) is 0 Å². The van der Waals surface area contributed by atoms with E-state index in [1.165, 1.54) is 0 Å². The maximum Gasteiger partial charge on any atom is 0.119 e. The maximum absolute atomic E-state index is 9.84. The second-order valence-electron chi connectivity index (χ2n) is 5.01. The van der Waals surface area contributed by atoms with E-state index in [4.69, 9.17) is 14.2 Å². The van der Waals surface area contributed by atoms with Crippen molar-refractivity contribution in [3.05, 3.63) is 54.6 Å². The van der Waals surface area contributed by atoms with Crippen LogP contribution in [-0.2, 0) is 0 Å². The molecule has 0 aliphatic rings. The molecule has 0 saturated carbocycles. The highest BCUT2D eigenvalue weighted by Crippen LogP contribution is 2.16. The van der Waals surface area contributed by atoms with Gasteiger partial charge >= 0.3 is 0 Å². The van der Waals surface area contributed by atoms with Crippen molar-refractivity contribution in [1.29, 1.82) is 0 Å². The molecule has 2 rings (SSSR count). The van der Waals surface area contributed by atoms with E-state index in [2.05, 4.69) is 5.32 Å². The molecule has 0 heterocycles. The molecule has 124 valence electrons. The predicted molar refractivity (Wildman–Crippen MR) is 89.3 cm³/mol. The minimum absolute atomic E-state index is 0.260. The fourth-order valence-electron chi connectivity index (χ4n) is 1.95. The summed E-state index contributed by atoms with van der Waals surface area (Å²) in [7, 11) is 1.63. The largest absolute Gasteiger partial charge is 0.497 e. The van der Waals surface area contributed by atoms with Crippen LogP contribution in [0.15, 0.2) is 54.6 Å². The Hall–Kier alpha value is -2.24. The van der Waals surface area contributed by atoms with Crippen molar-refractivity contribution < 1.29 is 19.3 Å². The second-order valence-corrected chi connectivity index (χ2v) is 5.01. The number of hydrogen-bond acceptors (Lipinski definition) is 5. The summed E-state index contributed by atoms with van der Waals surface area (Å²) >= 11 is 0. The lowest BCUT2D eigenvalue weighted by Crippen LogP contribution is -2.33. The van der Waals surface area contributed by atoms with Crippen LogP contribution < -0.4 is 19.5 Å². The highest BCUT2D eigenvalue weighted by molar-refractivity contribution is 5.31. The first-order chi connectivity index (χ1) is 11.3. The van der Waals surface area contributed by atoms with Crippen LogP contribution in [0.3, 0.4) is 0 Å². The molecule has 0 aromatic heterocycles. The summed E-state index contributed by atoms with van der Waals surface area (Å²) in [5.74, 6) is 2.35. The molecule has 0 fully saturated rings. The Balaban J connectivity index is 1.54. The molecule has 1 atom stereocenters. The predicted octanol–water partition coefficient (Wildman–Crippen LogP) is 2.10. The zero-order valence-electron chi connectivity index (χ0n) is 13.3. The molecule has 2 aromatic carbocycles. The Labute approximate surface area is 136 Å². The van der Waals surface area contributed by atoms with E-state index >= 15 is 0 Å². The number of nitrogens with one attached hydrogen (secondary N) is 1. The Kier molecular flexibility index (Phi) is 7.23. The van der Waals surface area contributed by atoms with E-state index in [9.17, 15) is 5.11 Å². The molecule has 5 nitrogen and oxygen atoms in total. The molecule has 0 unspecified atom stereocenters. The molecule has 0 bridgehead atoms. The monoisotopic (exact) mass is 317 g/mol. The second kappa shape index (κ2) is 9.71. The van der Waals surface area contributed by atoms with Crippen molar-refractivity contribution in [3.8, 4) is 17.2 Å². The summed E-state index contributed by atoms with van der Waals surface area (Å²) in [5.41, 5.74) is 0. The molecule has 0 aliphatic heterocycles. The first-order valence-electron chi connectivity index (χ1n) is 7.61. The summed E-state index contributed by atoms with van der Waals surface area (Å²) < 4.78 is 16.2. The van der Waals surface area contributed by atoms with E-state index in [0.717, 1.165) is 17.2 Å². The maximum atomic E-state index is 9.84. The van der Waals surface area contributed by atoms with Gasteiger partial charge in [-0.25, -0.2) is 0 Å². The smallest absolute Gasteiger partial charge is 0.119 e. The molecule has 0 amide bonds. The SMILES string of the molecule is COc1ccc(OCCNC[C@@H](O)COc2ccccc2)cc1. The standard InChI is InChI=1S/C18H23NO4/c1-21-16-7-9-18(10-8-16)22-12-11-19-13-15(20)14-23-17-5-3-2-4-6-17/h2-10,15,19-20H,11-14H2,1H3/t15-/m1/s1. The fourth-order valence-corrected chi connectivity index (χ4v) is 1.95. The van der Waals surface area contributed by atoms with Gasteiger partial charge in [0.25, 0.3) is 0 Å². The zero-order chi connectivity index (χ0) is 16.3. The lowest BCUT2D eigenvalue weighted by Gasteiger charge is -2.13. The van der Waals surface area contributed by atoms with Crippen LogP contribution in [0.4, 0.5) is 0 Å². The fraction of sp³-hybridized carbons (Fsp3) is 0.333. The minimum Gasteiger partial charge on any atom is -0.497 e. The summed E-state index contributed by atoms with van der Waals surface area (Å²) in [6, 6.07) is 16.9. The zero-order valence-corrected chi connectivity index (χ0v) is 13.3. The first-order valence-corrected chi connectivity index (χ1v) is 7.61. The molecule has 2 aromatic rings. The third-order valence-corrected chi connectivity index (χ3v) is 3.17. The van der Waals surface area contributed by atoms with Crippen LogP contribution >= 0.6 is 0 Å². The number of para-hydroxylation sites is 1. The Morgan fingerprint density at radius 3 is 2.26 bits per heavy atom. The van der Waals surface area contributed by atoms with Crippen LogP contribution in [0.2, 0.25) is 0 Å². The van der Waals surface area contributed by atoms with Crippen molar-refractivity contribution in [3.63, 3.8) is 0 Å². The summed E-state index contributed by atoms with van der Waals surface area (Å²) in [6.07, 6.45) is -0.559. The number of aliphatic hydroxyl groups is 1. The third-order valence-electron chi connectivity index (χ3n) is 3.17. The van der Waals surface area contributed by atoms with Crippen molar-refractivity contribution in [2.75, 3.05) is 33.4 Å². The van der Waals surface area contributed by atoms with Gasteiger partial charge in [-0.05, 0) is 36.4 Å². The number of hydrogen-bond donors (Lipinski definition) is 2. The molecular formula is C18H23NO4. The average molecular weight is 317 g/mol. The van der Waals surface area contributed by atoms with Crippen LogP contribution in [-0.4, -0.2) is 44.6 Å². The summed E-state index contributed by atoms with van der Waals surface area (Å²) in [4.78, 5) is 0. The number of methoxy groups -OCH3 is 1. The van der Waals surface area contributed by atoms with E-state index in [-0.39, 0.29) is 6.61 Å². The van der Waals surface area contributed by atoms with Crippen molar-refractivity contribution >= 4 is 0 Å². The Morgan fingerprint density at radius 1 is 0.913 bits per heavy atom. The van der Waals surface area contributed by atoms with Crippen molar-refractivity contribution in [1.82, 2.24) is 5.32 Å². The molecule has 5 heteroatoms. The highest BCUT2D eigenvalue weighted by atomic mass is 16.5.